The van der Waals surface area contributed by atoms with Crippen molar-refractivity contribution in [2.75, 3.05) is 20.5 Å². The van der Waals surface area contributed by atoms with Gasteiger partial charge in [-0.15, -0.1) is 0 Å². The number of rotatable bonds is 15. The summed E-state index contributed by atoms with van der Waals surface area (Å²) < 4.78 is 10.2. The second kappa shape index (κ2) is 15.9. The highest BCUT2D eigenvalue weighted by molar-refractivity contribution is 4.56. The predicted octanol–water partition coefficient (Wildman–Crippen LogP) is 4.28. The molecule has 0 aromatic carbocycles. The van der Waals surface area contributed by atoms with Crippen LogP contribution in [0.25, 0.3) is 0 Å². The average Bonchev–Trinajstić information content (AvgIpc) is 2.44. The van der Waals surface area contributed by atoms with E-state index in [0.717, 1.165) is 12.8 Å². The Labute approximate surface area is 119 Å². The van der Waals surface area contributed by atoms with Gasteiger partial charge >= 0.3 is 0 Å². The highest BCUT2D eigenvalue weighted by atomic mass is 16.7. The third-order valence-corrected chi connectivity index (χ3v) is 3.50. The standard InChI is InChI=1S/C16H34O3/c1-3-4-5-6-7-8-9-10-11-12-13-16(14-17)19-15-18-2/h16-17H,3-15H2,1-2H3/t16-/m1/s1. The van der Waals surface area contributed by atoms with Gasteiger partial charge in [-0.1, -0.05) is 71.1 Å². The van der Waals surface area contributed by atoms with Crippen LogP contribution in [0.5, 0.6) is 0 Å². The number of aliphatic hydroxyl groups excluding tert-OH is 1. The maximum atomic E-state index is 9.12. The molecule has 0 unspecified atom stereocenters. The minimum atomic E-state index is -0.0472. The molecule has 0 aliphatic heterocycles. The van der Waals surface area contributed by atoms with Crippen LogP contribution in [0, 0.1) is 0 Å². The molecule has 0 rings (SSSR count). The summed E-state index contributed by atoms with van der Waals surface area (Å²) >= 11 is 0. The lowest BCUT2D eigenvalue weighted by molar-refractivity contribution is -0.0898. The van der Waals surface area contributed by atoms with Crippen LogP contribution < -0.4 is 0 Å². The fourth-order valence-electron chi connectivity index (χ4n) is 2.25. The summed E-state index contributed by atoms with van der Waals surface area (Å²) in [5.41, 5.74) is 0. The van der Waals surface area contributed by atoms with Gasteiger partial charge in [0.1, 0.15) is 6.79 Å². The minimum absolute atomic E-state index is 0.0472. The molecule has 0 fully saturated rings. The van der Waals surface area contributed by atoms with E-state index in [0.29, 0.717) is 0 Å². The smallest absolute Gasteiger partial charge is 0.146 e. The van der Waals surface area contributed by atoms with Crippen LogP contribution in [0.15, 0.2) is 0 Å². The van der Waals surface area contributed by atoms with Crippen molar-refractivity contribution in [1.82, 2.24) is 0 Å². The number of ether oxygens (including phenoxy) is 2. The SMILES string of the molecule is CCCCCCCCCCCC[C@H](CO)OCOC. The third-order valence-electron chi connectivity index (χ3n) is 3.50. The molecule has 1 N–H and O–H groups in total. The van der Waals surface area contributed by atoms with Crippen LogP contribution in [0.4, 0.5) is 0 Å². The van der Waals surface area contributed by atoms with Crippen molar-refractivity contribution in [3.05, 3.63) is 0 Å². The topological polar surface area (TPSA) is 38.7 Å². The molecule has 1 atom stereocenters. The first-order valence-corrected chi connectivity index (χ1v) is 8.06. The Hall–Kier alpha value is -0.120. The molecule has 116 valence electrons. The van der Waals surface area contributed by atoms with Gasteiger partial charge in [-0.05, 0) is 6.42 Å². The van der Waals surface area contributed by atoms with Gasteiger partial charge in [-0.2, -0.15) is 0 Å². The lowest BCUT2D eigenvalue weighted by atomic mass is 10.0. The summed E-state index contributed by atoms with van der Waals surface area (Å²) in [5.74, 6) is 0. The zero-order valence-electron chi connectivity index (χ0n) is 13.0. The molecule has 0 aliphatic carbocycles. The van der Waals surface area contributed by atoms with E-state index in [9.17, 15) is 0 Å². The first kappa shape index (κ1) is 18.9. The van der Waals surface area contributed by atoms with Gasteiger partial charge in [0.15, 0.2) is 0 Å². The van der Waals surface area contributed by atoms with Crippen LogP contribution in [-0.2, 0) is 9.47 Å². The predicted molar refractivity (Wildman–Crippen MR) is 80.3 cm³/mol. The normalized spacial score (nSPS) is 12.8. The summed E-state index contributed by atoms with van der Waals surface area (Å²) in [6.45, 7) is 2.64. The monoisotopic (exact) mass is 274 g/mol. The fourth-order valence-corrected chi connectivity index (χ4v) is 2.25. The van der Waals surface area contributed by atoms with Crippen LogP contribution in [0.1, 0.15) is 77.6 Å². The first-order valence-electron chi connectivity index (χ1n) is 8.06. The second-order valence-electron chi connectivity index (χ2n) is 5.35. The van der Waals surface area contributed by atoms with Crippen molar-refractivity contribution in [3.8, 4) is 0 Å². The van der Waals surface area contributed by atoms with E-state index in [1.807, 2.05) is 0 Å². The Kier molecular flexibility index (Phi) is 15.8. The van der Waals surface area contributed by atoms with Crippen molar-refractivity contribution in [3.63, 3.8) is 0 Å². The summed E-state index contributed by atoms with van der Waals surface area (Å²) in [6, 6.07) is 0. The summed E-state index contributed by atoms with van der Waals surface area (Å²) in [7, 11) is 1.61. The van der Waals surface area contributed by atoms with E-state index in [-0.39, 0.29) is 19.5 Å². The fraction of sp³-hybridized carbons (Fsp3) is 1.00. The molecular weight excluding hydrogens is 240 g/mol. The van der Waals surface area contributed by atoms with Gasteiger partial charge in [-0.25, -0.2) is 0 Å². The largest absolute Gasteiger partial charge is 0.394 e. The van der Waals surface area contributed by atoms with E-state index < -0.39 is 0 Å². The zero-order valence-corrected chi connectivity index (χ0v) is 13.0. The highest BCUT2D eigenvalue weighted by Crippen LogP contribution is 2.12. The molecule has 0 saturated heterocycles. The molecule has 0 aliphatic rings. The Morgan fingerprint density at radius 2 is 1.37 bits per heavy atom. The van der Waals surface area contributed by atoms with Crippen molar-refractivity contribution in [2.24, 2.45) is 0 Å². The Morgan fingerprint density at radius 3 is 1.84 bits per heavy atom. The van der Waals surface area contributed by atoms with Crippen LogP contribution in [-0.4, -0.2) is 31.7 Å². The van der Waals surface area contributed by atoms with Crippen LogP contribution in [0.3, 0.4) is 0 Å². The maximum Gasteiger partial charge on any atom is 0.146 e. The van der Waals surface area contributed by atoms with Gasteiger partial charge in [0.2, 0.25) is 0 Å². The molecule has 0 bridgehead atoms. The Morgan fingerprint density at radius 1 is 0.842 bits per heavy atom. The van der Waals surface area contributed by atoms with Crippen molar-refractivity contribution < 1.29 is 14.6 Å². The van der Waals surface area contributed by atoms with Gasteiger partial charge in [0.05, 0.1) is 12.7 Å². The molecule has 0 heterocycles. The lowest BCUT2D eigenvalue weighted by Gasteiger charge is -2.14. The Bertz CT molecular complexity index is 162. The number of hydrogen-bond donors (Lipinski definition) is 1. The summed E-state index contributed by atoms with van der Waals surface area (Å²) in [4.78, 5) is 0. The van der Waals surface area contributed by atoms with Crippen molar-refractivity contribution in [1.29, 1.82) is 0 Å². The molecule has 0 amide bonds. The van der Waals surface area contributed by atoms with E-state index in [2.05, 4.69) is 6.92 Å². The van der Waals surface area contributed by atoms with Gasteiger partial charge in [0.25, 0.3) is 0 Å². The maximum absolute atomic E-state index is 9.12. The Balaban J connectivity index is 3.16. The molecule has 0 aromatic rings. The molecule has 19 heavy (non-hydrogen) atoms. The molecule has 0 spiro atoms. The van der Waals surface area contributed by atoms with Crippen molar-refractivity contribution >= 4 is 0 Å². The number of methoxy groups -OCH3 is 1. The first-order chi connectivity index (χ1) is 9.35. The minimum Gasteiger partial charge on any atom is -0.394 e. The van der Waals surface area contributed by atoms with E-state index in [1.165, 1.54) is 57.8 Å². The summed E-state index contributed by atoms with van der Waals surface area (Å²) in [6.07, 6.45) is 14.3. The quantitative estimate of drug-likeness (QED) is 0.358. The van der Waals surface area contributed by atoms with Gasteiger partial charge in [0, 0.05) is 7.11 Å². The van der Waals surface area contributed by atoms with E-state index in [4.69, 9.17) is 14.6 Å². The number of aliphatic hydroxyl groups is 1. The molecule has 0 saturated carbocycles. The van der Waals surface area contributed by atoms with Gasteiger partial charge < -0.3 is 14.6 Å². The average molecular weight is 274 g/mol. The third kappa shape index (κ3) is 14.1. The lowest BCUT2D eigenvalue weighted by Crippen LogP contribution is -2.18. The zero-order chi connectivity index (χ0) is 14.2. The highest BCUT2D eigenvalue weighted by Gasteiger charge is 2.06. The molecule has 3 nitrogen and oxygen atoms in total. The summed E-state index contributed by atoms with van der Waals surface area (Å²) in [5, 5.41) is 9.12. The molecular formula is C16H34O3. The van der Waals surface area contributed by atoms with Crippen LogP contribution in [0.2, 0.25) is 0 Å². The van der Waals surface area contributed by atoms with Crippen molar-refractivity contribution in [2.45, 2.75) is 83.7 Å². The number of hydrogen-bond acceptors (Lipinski definition) is 3. The molecule has 3 heteroatoms. The number of unbranched alkanes of at least 4 members (excludes halogenated alkanes) is 9. The van der Waals surface area contributed by atoms with Crippen LogP contribution >= 0.6 is 0 Å². The van der Waals surface area contributed by atoms with E-state index >= 15 is 0 Å². The molecule has 0 radical (unpaired) electrons. The second-order valence-corrected chi connectivity index (χ2v) is 5.35. The van der Waals surface area contributed by atoms with E-state index in [1.54, 1.807) is 7.11 Å². The molecule has 0 aromatic heterocycles. The van der Waals surface area contributed by atoms with Gasteiger partial charge in [-0.3, -0.25) is 0 Å².